The molecule has 160 valence electrons. The van der Waals surface area contributed by atoms with E-state index >= 15 is 0 Å². The average Bonchev–Trinajstić information content (AvgIpc) is 2.66. The zero-order valence-corrected chi connectivity index (χ0v) is 18.1. The molecule has 0 heterocycles. The van der Waals surface area contributed by atoms with E-state index in [4.69, 9.17) is 15.2 Å². The summed E-state index contributed by atoms with van der Waals surface area (Å²) in [7, 11) is 1.61. The lowest BCUT2D eigenvalue weighted by atomic mass is 10.2. The number of hydrogen-bond acceptors (Lipinski definition) is 4. The Morgan fingerprint density at radius 2 is 1.55 bits per heavy atom. The number of aliphatic imine (C=N–C) groups is 1. The van der Waals surface area contributed by atoms with E-state index in [0.29, 0.717) is 26.3 Å². The minimum absolute atomic E-state index is 0. The maximum absolute atomic E-state index is 12.1. The van der Waals surface area contributed by atoms with Gasteiger partial charge in [-0.15, -0.1) is 37.1 Å². The van der Waals surface area contributed by atoms with Crippen molar-refractivity contribution in [1.82, 2.24) is 5.32 Å². The van der Waals surface area contributed by atoms with Crippen molar-refractivity contribution in [1.29, 1.82) is 0 Å². The molecule has 0 saturated carbocycles. The normalized spacial score (nSPS) is 11.5. The third-order valence-electron chi connectivity index (χ3n) is 3.54. The number of alkyl halides is 3. The monoisotopic (exact) mass is 525 g/mol. The Labute approximate surface area is 184 Å². The van der Waals surface area contributed by atoms with Crippen molar-refractivity contribution in [2.24, 2.45) is 10.7 Å². The highest BCUT2D eigenvalue weighted by Crippen LogP contribution is 2.22. The maximum Gasteiger partial charge on any atom is 0.573 e. The molecule has 0 radical (unpaired) electrons. The number of nitrogens with zero attached hydrogens (tertiary/aromatic N) is 1. The van der Waals surface area contributed by atoms with Crippen molar-refractivity contribution >= 4 is 29.9 Å². The van der Waals surface area contributed by atoms with Crippen molar-refractivity contribution in [3.05, 3.63) is 59.7 Å². The van der Waals surface area contributed by atoms with Crippen molar-refractivity contribution < 1.29 is 27.4 Å². The molecule has 0 bridgehead atoms. The summed E-state index contributed by atoms with van der Waals surface area (Å²) in [6, 6.07) is 13.0. The van der Waals surface area contributed by atoms with Crippen molar-refractivity contribution in [2.45, 2.75) is 19.5 Å². The number of rotatable bonds is 9. The van der Waals surface area contributed by atoms with Crippen LogP contribution in [0.5, 0.6) is 11.5 Å². The van der Waals surface area contributed by atoms with Crippen molar-refractivity contribution in [2.75, 3.05) is 20.3 Å². The predicted octanol–water partition coefficient (Wildman–Crippen LogP) is 3.83. The summed E-state index contributed by atoms with van der Waals surface area (Å²) in [4.78, 5) is 4.23. The van der Waals surface area contributed by atoms with E-state index in [1.165, 1.54) is 24.3 Å². The van der Waals surface area contributed by atoms with E-state index in [2.05, 4.69) is 15.0 Å². The number of hydrogen-bond donors (Lipinski definition) is 2. The second kappa shape index (κ2) is 12.4. The van der Waals surface area contributed by atoms with Crippen LogP contribution in [0.25, 0.3) is 0 Å². The minimum atomic E-state index is -4.70. The molecule has 3 N–H and O–H groups in total. The van der Waals surface area contributed by atoms with Crippen LogP contribution < -0.4 is 20.5 Å². The van der Waals surface area contributed by atoms with E-state index < -0.39 is 6.36 Å². The summed E-state index contributed by atoms with van der Waals surface area (Å²) >= 11 is 0. The molecule has 0 spiro atoms. The van der Waals surface area contributed by atoms with E-state index in [9.17, 15) is 13.2 Å². The molecular weight excluding hydrogens is 502 g/mol. The molecule has 0 aromatic heterocycles. The van der Waals surface area contributed by atoms with Crippen LogP contribution in [0.4, 0.5) is 13.2 Å². The average molecular weight is 525 g/mol. The van der Waals surface area contributed by atoms with Gasteiger partial charge in [-0.2, -0.15) is 0 Å². The first-order chi connectivity index (χ1) is 13.4. The maximum atomic E-state index is 12.1. The molecule has 0 aliphatic rings. The van der Waals surface area contributed by atoms with Crippen LogP contribution in [0.3, 0.4) is 0 Å². The van der Waals surface area contributed by atoms with Crippen LogP contribution in [-0.4, -0.2) is 32.6 Å². The summed E-state index contributed by atoms with van der Waals surface area (Å²) < 4.78 is 50.6. The zero-order chi connectivity index (χ0) is 20.4. The molecule has 0 aliphatic heterocycles. The molecule has 0 fully saturated rings. The summed E-state index contributed by atoms with van der Waals surface area (Å²) in [6.07, 6.45) is -4.70. The van der Waals surface area contributed by atoms with Crippen LogP contribution in [-0.2, 0) is 17.8 Å². The van der Waals surface area contributed by atoms with Crippen LogP contribution >= 0.6 is 24.0 Å². The number of nitrogens with two attached hydrogens (primary N) is 1. The number of guanidine groups is 1. The Balaban J connectivity index is 0.00000420. The smallest absolute Gasteiger partial charge is 0.491 e. The fraction of sp³-hybridized carbons (Fsp3) is 0.316. The molecule has 2 rings (SSSR count). The zero-order valence-electron chi connectivity index (χ0n) is 15.7. The van der Waals surface area contributed by atoms with Crippen LogP contribution in [0.1, 0.15) is 11.1 Å². The number of ether oxygens (including phenoxy) is 3. The lowest BCUT2D eigenvalue weighted by Gasteiger charge is -2.10. The fourth-order valence-corrected chi connectivity index (χ4v) is 2.17. The van der Waals surface area contributed by atoms with Gasteiger partial charge in [-0.1, -0.05) is 24.3 Å². The Bertz CT molecular complexity index is 754. The van der Waals surface area contributed by atoms with Crippen LogP contribution in [0, 0.1) is 0 Å². The molecule has 29 heavy (non-hydrogen) atoms. The summed E-state index contributed by atoms with van der Waals surface area (Å²) in [6.45, 7) is 1.71. The standard InChI is InChI=1S/C19H22F3N3O3.HI/c1-26-10-11-27-16-6-2-14(3-7-16)12-24-18(23)25-13-15-4-8-17(9-5-15)28-19(20,21)22;/h2-9H,10-13H2,1H3,(H3,23,24,25);1H. The summed E-state index contributed by atoms with van der Waals surface area (Å²) in [5.74, 6) is 0.706. The number of halogens is 4. The Morgan fingerprint density at radius 3 is 2.14 bits per heavy atom. The molecular formula is C19H23F3IN3O3. The molecule has 0 saturated heterocycles. The highest BCUT2D eigenvalue weighted by atomic mass is 127. The summed E-state index contributed by atoms with van der Waals surface area (Å²) in [5, 5.41) is 2.91. The number of nitrogens with one attached hydrogen (secondary N) is 1. The lowest BCUT2D eigenvalue weighted by Crippen LogP contribution is -2.31. The van der Waals surface area contributed by atoms with Gasteiger partial charge in [0.15, 0.2) is 5.96 Å². The molecule has 0 atom stereocenters. The Hall–Kier alpha value is -2.21. The van der Waals surface area contributed by atoms with Gasteiger partial charge in [0.2, 0.25) is 0 Å². The third-order valence-corrected chi connectivity index (χ3v) is 3.54. The SMILES string of the molecule is COCCOc1ccc(CN=C(N)NCc2ccc(OC(F)(F)F)cc2)cc1.I. The van der Waals surface area contributed by atoms with E-state index in [-0.39, 0.29) is 35.7 Å². The van der Waals surface area contributed by atoms with E-state index in [1.807, 2.05) is 24.3 Å². The van der Waals surface area contributed by atoms with E-state index in [0.717, 1.165) is 16.9 Å². The van der Waals surface area contributed by atoms with Crippen LogP contribution in [0.15, 0.2) is 53.5 Å². The van der Waals surface area contributed by atoms with Gasteiger partial charge in [-0.05, 0) is 35.4 Å². The van der Waals surface area contributed by atoms with Gasteiger partial charge < -0.3 is 25.3 Å². The molecule has 0 unspecified atom stereocenters. The van der Waals surface area contributed by atoms with Gasteiger partial charge in [-0.25, -0.2) is 4.99 Å². The highest BCUT2D eigenvalue weighted by molar-refractivity contribution is 14.0. The van der Waals surface area contributed by atoms with Crippen molar-refractivity contribution in [3.63, 3.8) is 0 Å². The Kier molecular flexibility index (Phi) is 10.6. The second-order valence-corrected chi connectivity index (χ2v) is 5.73. The number of methoxy groups -OCH3 is 1. The van der Waals surface area contributed by atoms with Gasteiger partial charge >= 0.3 is 6.36 Å². The topological polar surface area (TPSA) is 78.1 Å². The first-order valence-corrected chi connectivity index (χ1v) is 8.45. The molecule has 6 nitrogen and oxygen atoms in total. The lowest BCUT2D eigenvalue weighted by molar-refractivity contribution is -0.274. The summed E-state index contributed by atoms with van der Waals surface area (Å²) in [5.41, 5.74) is 7.52. The van der Waals surface area contributed by atoms with Crippen LogP contribution in [0.2, 0.25) is 0 Å². The van der Waals surface area contributed by atoms with Gasteiger partial charge in [0.05, 0.1) is 13.2 Å². The highest BCUT2D eigenvalue weighted by Gasteiger charge is 2.30. The Morgan fingerprint density at radius 1 is 0.966 bits per heavy atom. The fourth-order valence-electron chi connectivity index (χ4n) is 2.17. The van der Waals surface area contributed by atoms with E-state index in [1.54, 1.807) is 7.11 Å². The molecule has 2 aromatic carbocycles. The molecule has 0 aliphatic carbocycles. The molecule has 10 heteroatoms. The second-order valence-electron chi connectivity index (χ2n) is 5.73. The van der Waals surface area contributed by atoms with Gasteiger partial charge in [0.1, 0.15) is 18.1 Å². The number of benzene rings is 2. The first kappa shape index (κ1) is 24.8. The largest absolute Gasteiger partial charge is 0.573 e. The van der Waals surface area contributed by atoms with Gasteiger partial charge in [0.25, 0.3) is 0 Å². The van der Waals surface area contributed by atoms with Crippen molar-refractivity contribution in [3.8, 4) is 11.5 Å². The minimum Gasteiger partial charge on any atom is -0.491 e. The molecule has 2 aromatic rings. The van der Waals surface area contributed by atoms with Gasteiger partial charge in [0, 0.05) is 13.7 Å². The third kappa shape index (κ3) is 10.2. The first-order valence-electron chi connectivity index (χ1n) is 8.45. The molecule has 0 amide bonds. The predicted molar refractivity (Wildman–Crippen MR) is 115 cm³/mol. The van der Waals surface area contributed by atoms with Gasteiger partial charge in [-0.3, -0.25) is 0 Å². The quantitative estimate of drug-likeness (QED) is 0.225.